The summed E-state index contributed by atoms with van der Waals surface area (Å²) in [5.41, 5.74) is 5.78. The fraction of sp³-hybridized carbons (Fsp3) is 0.357. The molecule has 2 aromatic carbocycles. The maximum Gasteiger partial charge on any atom is 0.337 e. The standard InChI is InChI=1S/C28H31ClN2O3/c1-16(2)34-28(33)25-17(3)30-23-14-20(18-9-11-22(12-10-18)31(4)5)15-24(32)27(23)26(25)19-7-6-8-21(29)13-19/h6-13,16,20,26,30H,14-15H2,1-5H3/t20-,26-/m1/s1. The Kier molecular flexibility index (Phi) is 6.85. The van der Waals surface area contributed by atoms with Gasteiger partial charge in [-0.2, -0.15) is 0 Å². The minimum Gasteiger partial charge on any atom is -0.460 e. The molecule has 1 heterocycles. The van der Waals surface area contributed by atoms with Crippen LogP contribution in [0.5, 0.6) is 0 Å². The van der Waals surface area contributed by atoms with E-state index in [1.165, 1.54) is 0 Å². The van der Waals surface area contributed by atoms with Crippen LogP contribution in [0.2, 0.25) is 5.02 Å². The predicted octanol–water partition coefficient (Wildman–Crippen LogP) is 5.72. The molecule has 0 fully saturated rings. The van der Waals surface area contributed by atoms with Gasteiger partial charge in [0, 0.05) is 54.1 Å². The first kappa shape index (κ1) is 24.1. The average Bonchev–Trinajstić information content (AvgIpc) is 2.77. The normalized spacial score (nSPS) is 20.3. The molecule has 1 N–H and O–H groups in total. The van der Waals surface area contributed by atoms with Gasteiger partial charge in [-0.05, 0) is 68.5 Å². The monoisotopic (exact) mass is 478 g/mol. The quantitative estimate of drug-likeness (QED) is 0.557. The topological polar surface area (TPSA) is 58.6 Å². The molecule has 4 rings (SSSR count). The van der Waals surface area contributed by atoms with Crippen molar-refractivity contribution in [3.05, 3.63) is 87.2 Å². The van der Waals surface area contributed by atoms with E-state index in [0.717, 1.165) is 22.5 Å². The molecule has 0 bridgehead atoms. The van der Waals surface area contributed by atoms with Crippen molar-refractivity contribution in [3.63, 3.8) is 0 Å². The predicted molar refractivity (Wildman–Crippen MR) is 136 cm³/mol. The lowest BCUT2D eigenvalue weighted by molar-refractivity contribution is -0.143. The van der Waals surface area contributed by atoms with Crippen molar-refractivity contribution in [2.75, 3.05) is 19.0 Å². The Morgan fingerprint density at radius 1 is 1.09 bits per heavy atom. The van der Waals surface area contributed by atoms with Crippen molar-refractivity contribution in [2.24, 2.45) is 0 Å². The first-order chi connectivity index (χ1) is 16.2. The Morgan fingerprint density at radius 3 is 2.41 bits per heavy atom. The van der Waals surface area contributed by atoms with E-state index in [4.69, 9.17) is 16.3 Å². The number of hydrogen-bond donors (Lipinski definition) is 1. The van der Waals surface area contributed by atoms with Crippen molar-refractivity contribution in [2.45, 2.75) is 51.6 Å². The molecule has 2 aliphatic rings. The van der Waals surface area contributed by atoms with Gasteiger partial charge in [0.05, 0.1) is 11.7 Å². The lowest BCUT2D eigenvalue weighted by Gasteiger charge is -2.37. The SMILES string of the molecule is CC1=C(C(=O)OC(C)C)[C@@H](c2cccc(Cl)c2)C2=C(C[C@@H](c3ccc(N(C)C)cc3)CC2=O)N1. The van der Waals surface area contributed by atoms with Gasteiger partial charge in [-0.15, -0.1) is 0 Å². The molecular formula is C28H31ClN2O3. The van der Waals surface area contributed by atoms with Crippen molar-refractivity contribution >= 4 is 29.0 Å². The summed E-state index contributed by atoms with van der Waals surface area (Å²) in [6, 6.07) is 15.8. The third-order valence-corrected chi connectivity index (χ3v) is 6.69. The molecule has 2 aromatic rings. The molecule has 34 heavy (non-hydrogen) atoms. The second-order valence-corrected chi connectivity index (χ2v) is 9.95. The van der Waals surface area contributed by atoms with E-state index in [9.17, 15) is 9.59 Å². The van der Waals surface area contributed by atoms with E-state index in [1.54, 1.807) is 6.07 Å². The Morgan fingerprint density at radius 2 is 1.79 bits per heavy atom. The lowest BCUT2D eigenvalue weighted by atomic mass is 9.71. The molecule has 2 atom stereocenters. The molecule has 0 saturated heterocycles. The van der Waals surface area contributed by atoms with Crippen molar-refractivity contribution in [3.8, 4) is 0 Å². The second-order valence-electron chi connectivity index (χ2n) is 9.51. The van der Waals surface area contributed by atoms with E-state index in [0.29, 0.717) is 34.7 Å². The van der Waals surface area contributed by atoms with Crippen LogP contribution in [-0.2, 0) is 14.3 Å². The number of carbonyl (C=O) groups excluding carboxylic acids is 2. The average molecular weight is 479 g/mol. The van der Waals surface area contributed by atoms with Crippen LogP contribution in [-0.4, -0.2) is 32.0 Å². The molecule has 5 nitrogen and oxygen atoms in total. The molecule has 6 heteroatoms. The number of rotatable bonds is 5. The number of dihydropyridines is 1. The third kappa shape index (κ3) is 4.76. The van der Waals surface area contributed by atoms with E-state index in [1.807, 2.05) is 53.1 Å². The molecule has 0 spiro atoms. The van der Waals surface area contributed by atoms with Gasteiger partial charge >= 0.3 is 5.97 Å². The summed E-state index contributed by atoms with van der Waals surface area (Å²) in [5, 5.41) is 3.96. The van der Waals surface area contributed by atoms with Crippen LogP contribution in [0.3, 0.4) is 0 Å². The van der Waals surface area contributed by atoms with Crippen LogP contribution in [0.25, 0.3) is 0 Å². The fourth-order valence-electron chi connectivity index (χ4n) is 4.89. The Labute approximate surface area is 206 Å². The zero-order valence-electron chi connectivity index (χ0n) is 20.3. The summed E-state index contributed by atoms with van der Waals surface area (Å²) in [4.78, 5) is 28.8. The van der Waals surface area contributed by atoms with Crippen LogP contribution >= 0.6 is 11.6 Å². The highest BCUT2D eigenvalue weighted by Gasteiger charge is 2.41. The number of carbonyl (C=O) groups is 2. The molecule has 178 valence electrons. The number of halogens is 1. The van der Waals surface area contributed by atoms with Crippen LogP contribution in [0.1, 0.15) is 56.6 Å². The van der Waals surface area contributed by atoms with Gasteiger partial charge in [0.1, 0.15) is 0 Å². The third-order valence-electron chi connectivity index (χ3n) is 6.45. The van der Waals surface area contributed by atoms with E-state index >= 15 is 0 Å². The molecule has 1 aliphatic carbocycles. The second kappa shape index (κ2) is 9.67. The van der Waals surface area contributed by atoms with Crippen molar-refractivity contribution in [1.82, 2.24) is 5.32 Å². The highest BCUT2D eigenvalue weighted by molar-refractivity contribution is 6.30. The number of esters is 1. The summed E-state index contributed by atoms with van der Waals surface area (Å²) in [6.45, 7) is 5.51. The smallest absolute Gasteiger partial charge is 0.337 e. The summed E-state index contributed by atoms with van der Waals surface area (Å²) in [5.74, 6) is -0.800. The molecule has 0 unspecified atom stereocenters. The number of nitrogens with one attached hydrogen (secondary N) is 1. The zero-order valence-corrected chi connectivity index (χ0v) is 21.1. The number of anilines is 1. The van der Waals surface area contributed by atoms with Gasteiger partial charge in [0.15, 0.2) is 5.78 Å². The van der Waals surface area contributed by atoms with Crippen LogP contribution in [0.15, 0.2) is 71.1 Å². The molecule has 0 saturated carbocycles. The zero-order chi connectivity index (χ0) is 24.6. The van der Waals surface area contributed by atoms with E-state index in [-0.39, 0.29) is 17.8 Å². The fourth-order valence-corrected chi connectivity index (χ4v) is 5.09. The number of ether oxygens (including phenoxy) is 1. The van der Waals surface area contributed by atoms with E-state index in [2.05, 4.69) is 34.5 Å². The minimum atomic E-state index is -0.509. The minimum absolute atomic E-state index is 0.0442. The lowest BCUT2D eigenvalue weighted by Crippen LogP contribution is -2.36. The van der Waals surface area contributed by atoms with Crippen molar-refractivity contribution in [1.29, 1.82) is 0 Å². The van der Waals surface area contributed by atoms with E-state index < -0.39 is 11.9 Å². The van der Waals surface area contributed by atoms with Gasteiger partial charge in [-0.1, -0.05) is 35.9 Å². The molecule has 1 aliphatic heterocycles. The summed E-state index contributed by atoms with van der Waals surface area (Å²) in [7, 11) is 4.02. The van der Waals surface area contributed by atoms with Gasteiger partial charge in [-0.25, -0.2) is 4.79 Å². The number of benzene rings is 2. The summed E-state index contributed by atoms with van der Waals surface area (Å²) in [6.07, 6.45) is 0.827. The first-order valence-corrected chi connectivity index (χ1v) is 12.0. The highest BCUT2D eigenvalue weighted by Crippen LogP contribution is 2.46. The first-order valence-electron chi connectivity index (χ1n) is 11.6. The number of nitrogens with zero attached hydrogens (tertiary/aromatic N) is 1. The summed E-state index contributed by atoms with van der Waals surface area (Å²) < 4.78 is 5.57. The maximum atomic E-state index is 13.6. The Hall–Kier alpha value is -3.05. The Bertz CT molecular complexity index is 1180. The molecule has 0 aromatic heterocycles. The Balaban J connectivity index is 1.75. The molecule has 0 amide bonds. The number of allylic oxidation sites excluding steroid dienone is 3. The highest BCUT2D eigenvalue weighted by atomic mass is 35.5. The van der Waals surface area contributed by atoms with Crippen LogP contribution < -0.4 is 10.2 Å². The number of hydrogen-bond acceptors (Lipinski definition) is 5. The largest absolute Gasteiger partial charge is 0.460 e. The van der Waals surface area contributed by atoms with Crippen LogP contribution in [0, 0.1) is 0 Å². The van der Waals surface area contributed by atoms with Crippen molar-refractivity contribution < 1.29 is 14.3 Å². The number of ketones is 1. The number of Topliss-reactive ketones (excluding diaryl/α,β-unsaturated/α-hetero) is 1. The molecular weight excluding hydrogens is 448 g/mol. The summed E-state index contributed by atoms with van der Waals surface area (Å²) >= 11 is 6.31. The van der Waals surface area contributed by atoms with Gasteiger partial charge in [0.2, 0.25) is 0 Å². The molecule has 0 radical (unpaired) electrons. The van der Waals surface area contributed by atoms with Crippen LogP contribution in [0.4, 0.5) is 5.69 Å². The van der Waals surface area contributed by atoms with Gasteiger partial charge in [0.25, 0.3) is 0 Å². The van der Waals surface area contributed by atoms with Gasteiger partial charge in [-0.3, -0.25) is 4.79 Å². The maximum absolute atomic E-state index is 13.6. The van der Waals surface area contributed by atoms with Gasteiger partial charge < -0.3 is 15.0 Å².